The molecule has 0 amide bonds. The first kappa shape index (κ1) is 24.2. The number of carbonyl (C=O) groups excluding carboxylic acids is 1. The number of aromatic nitrogens is 1. The number of hydrogen-bond donors (Lipinski definition) is 1. The highest BCUT2D eigenvalue weighted by Crippen LogP contribution is 2.40. The Morgan fingerprint density at radius 2 is 2.06 bits per heavy atom. The minimum atomic E-state index is -0.794. The van der Waals surface area contributed by atoms with Gasteiger partial charge in [0.1, 0.15) is 27.9 Å². The van der Waals surface area contributed by atoms with Crippen LogP contribution in [0.3, 0.4) is 0 Å². The van der Waals surface area contributed by atoms with Crippen LogP contribution in [-0.2, 0) is 9.47 Å². The highest BCUT2D eigenvalue weighted by molar-refractivity contribution is 6.31. The number of carbonyl (C=O) groups is 1. The number of rotatable bonds is 7. The van der Waals surface area contributed by atoms with Gasteiger partial charge in [-0.05, 0) is 40.7 Å². The Balaban J connectivity index is 1.97. The molecule has 0 spiro atoms. The van der Waals surface area contributed by atoms with Gasteiger partial charge in [-0.25, -0.2) is 14.2 Å². The van der Waals surface area contributed by atoms with E-state index in [9.17, 15) is 14.3 Å². The summed E-state index contributed by atoms with van der Waals surface area (Å²) in [7, 11) is 0. The molecule has 9 heteroatoms. The minimum absolute atomic E-state index is 0.109. The summed E-state index contributed by atoms with van der Waals surface area (Å²) in [6, 6.07) is 4.02. The molecule has 0 bridgehead atoms. The van der Waals surface area contributed by atoms with Crippen molar-refractivity contribution in [2.45, 2.75) is 58.3 Å². The SMILES string of the molecule is CC(C)Oc1ncc(Oc2cc(F)c(C(=O)OC(C)(C)C)cc2C2COC2CO)cc1Cl. The minimum Gasteiger partial charge on any atom is -0.474 e. The van der Waals surface area contributed by atoms with Crippen molar-refractivity contribution in [1.82, 2.24) is 4.98 Å². The third-order valence-electron chi connectivity index (χ3n) is 4.59. The van der Waals surface area contributed by atoms with Gasteiger partial charge in [0.15, 0.2) is 0 Å². The summed E-state index contributed by atoms with van der Waals surface area (Å²) >= 11 is 6.23. The fourth-order valence-electron chi connectivity index (χ4n) is 3.14. The Morgan fingerprint density at radius 1 is 1.34 bits per heavy atom. The molecule has 0 radical (unpaired) electrons. The normalized spacial score (nSPS) is 18.3. The van der Waals surface area contributed by atoms with Crippen molar-refractivity contribution in [2.75, 3.05) is 13.2 Å². The van der Waals surface area contributed by atoms with E-state index in [1.807, 2.05) is 13.8 Å². The quantitative estimate of drug-likeness (QED) is 0.580. The number of hydrogen-bond acceptors (Lipinski definition) is 7. The highest BCUT2D eigenvalue weighted by atomic mass is 35.5. The third-order valence-corrected chi connectivity index (χ3v) is 4.86. The van der Waals surface area contributed by atoms with Crippen LogP contribution in [0.2, 0.25) is 5.02 Å². The summed E-state index contributed by atoms with van der Waals surface area (Å²) in [5.41, 5.74) is -0.493. The van der Waals surface area contributed by atoms with Gasteiger partial charge in [0.2, 0.25) is 5.88 Å². The lowest BCUT2D eigenvalue weighted by Gasteiger charge is -2.36. The second-order valence-corrected chi connectivity index (χ2v) is 9.17. The Labute approximate surface area is 191 Å². The van der Waals surface area contributed by atoms with Crippen LogP contribution >= 0.6 is 11.6 Å². The number of pyridine rings is 1. The van der Waals surface area contributed by atoms with E-state index in [0.717, 1.165) is 6.07 Å². The lowest BCUT2D eigenvalue weighted by atomic mass is 9.88. The maximum absolute atomic E-state index is 14.9. The van der Waals surface area contributed by atoms with Crippen LogP contribution in [-0.4, -0.2) is 47.1 Å². The number of halogens is 2. The summed E-state index contributed by atoms with van der Waals surface area (Å²) in [4.78, 5) is 16.7. The van der Waals surface area contributed by atoms with Crippen molar-refractivity contribution in [2.24, 2.45) is 0 Å². The van der Waals surface area contributed by atoms with E-state index in [1.54, 1.807) is 20.8 Å². The monoisotopic (exact) mass is 467 g/mol. The highest BCUT2D eigenvalue weighted by Gasteiger charge is 2.36. The average molecular weight is 468 g/mol. The second-order valence-electron chi connectivity index (χ2n) is 8.76. The number of aliphatic hydroxyl groups excluding tert-OH is 1. The van der Waals surface area contributed by atoms with E-state index in [1.165, 1.54) is 18.3 Å². The number of ether oxygens (including phenoxy) is 4. The first-order chi connectivity index (χ1) is 15.0. The predicted molar refractivity (Wildman–Crippen MR) is 116 cm³/mol. The van der Waals surface area contributed by atoms with Gasteiger partial charge < -0.3 is 24.1 Å². The molecule has 1 saturated heterocycles. The summed E-state index contributed by atoms with van der Waals surface area (Å²) in [5, 5.41) is 9.79. The number of nitrogens with zero attached hydrogens (tertiary/aromatic N) is 1. The summed E-state index contributed by atoms with van der Waals surface area (Å²) < 4.78 is 37.0. The van der Waals surface area contributed by atoms with Crippen LogP contribution in [0.25, 0.3) is 0 Å². The van der Waals surface area contributed by atoms with Crippen molar-refractivity contribution >= 4 is 17.6 Å². The van der Waals surface area contributed by atoms with Crippen LogP contribution in [0.5, 0.6) is 17.4 Å². The first-order valence-electron chi connectivity index (χ1n) is 10.3. The van der Waals surface area contributed by atoms with E-state index < -0.39 is 23.5 Å². The molecule has 3 rings (SSSR count). The Hall–Kier alpha value is -2.42. The van der Waals surface area contributed by atoms with Gasteiger partial charge in [-0.2, -0.15) is 0 Å². The fraction of sp³-hybridized carbons (Fsp3) is 0.478. The van der Waals surface area contributed by atoms with E-state index in [2.05, 4.69) is 4.98 Å². The van der Waals surface area contributed by atoms with Gasteiger partial charge in [0.25, 0.3) is 0 Å². The van der Waals surface area contributed by atoms with Gasteiger partial charge in [0.05, 0.1) is 37.2 Å². The zero-order chi connectivity index (χ0) is 23.6. The standard InChI is InChI=1S/C23H27ClFNO6/c1-12(2)30-21-17(24)6-13(9-26-21)31-19-8-18(25)15(22(28)32-23(3,4)5)7-14(19)16-11-29-20(16)10-27/h6-9,12,16,20,27H,10-11H2,1-5H3. The fourth-order valence-corrected chi connectivity index (χ4v) is 3.34. The van der Waals surface area contributed by atoms with Crippen LogP contribution in [0.1, 0.15) is 56.5 Å². The number of esters is 1. The molecular weight excluding hydrogens is 441 g/mol. The lowest BCUT2D eigenvalue weighted by Crippen LogP contribution is -2.40. The van der Waals surface area contributed by atoms with E-state index in [4.69, 9.17) is 30.5 Å². The molecule has 1 aromatic carbocycles. The topological polar surface area (TPSA) is 87.1 Å². The molecule has 1 aliphatic rings. The summed E-state index contributed by atoms with van der Waals surface area (Å²) in [5.74, 6) is -1.19. The van der Waals surface area contributed by atoms with Crippen LogP contribution in [0.4, 0.5) is 4.39 Å². The molecule has 7 nitrogen and oxygen atoms in total. The van der Waals surface area contributed by atoms with Crippen molar-refractivity contribution in [3.05, 3.63) is 46.4 Å². The van der Waals surface area contributed by atoms with Crippen LogP contribution in [0, 0.1) is 5.82 Å². The lowest BCUT2D eigenvalue weighted by molar-refractivity contribution is -0.101. The Kier molecular flexibility index (Phi) is 7.27. The molecule has 174 valence electrons. The smallest absolute Gasteiger partial charge is 0.341 e. The van der Waals surface area contributed by atoms with Gasteiger partial charge in [-0.3, -0.25) is 0 Å². The van der Waals surface area contributed by atoms with Crippen LogP contribution < -0.4 is 9.47 Å². The molecule has 2 unspecified atom stereocenters. The maximum atomic E-state index is 14.9. The van der Waals surface area contributed by atoms with Gasteiger partial charge >= 0.3 is 5.97 Å². The molecule has 2 aromatic rings. The largest absolute Gasteiger partial charge is 0.474 e. The molecule has 2 heterocycles. The maximum Gasteiger partial charge on any atom is 0.341 e. The molecular formula is C23H27ClFNO6. The Bertz CT molecular complexity index is 989. The molecule has 32 heavy (non-hydrogen) atoms. The number of benzene rings is 1. The molecule has 2 atom stereocenters. The average Bonchev–Trinajstić information content (AvgIpc) is 2.63. The van der Waals surface area contributed by atoms with Crippen molar-refractivity contribution in [1.29, 1.82) is 0 Å². The predicted octanol–water partition coefficient (Wildman–Crippen LogP) is 4.88. The molecule has 0 saturated carbocycles. The zero-order valence-corrected chi connectivity index (χ0v) is 19.4. The summed E-state index contributed by atoms with van der Waals surface area (Å²) in [6.07, 6.45) is 0.813. The molecule has 1 aromatic heterocycles. The van der Waals surface area contributed by atoms with E-state index in [0.29, 0.717) is 12.2 Å². The van der Waals surface area contributed by atoms with Gasteiger partial charge in [0, 0.05) is 23.6 Å². The van der Waals surface area contributed by atoms with Crippen molar-refractivity contribution < 1.29 is 33.2 Å². The van der Waals surface area contributed by atoms with Crippen molar-refractivity contribution in [3.63, 3.8) is 0 Å². The van der Waals surface area contributed by atoms with E-state index in [-0.39, 0.29) is 46.6 Å². The third kappa shape index (κ3) is 5.68. The summed E-state index contributed by atoms with van der Waals surface area (Å²) in [6.45, 7) is 8.87. The van der Waals surface area contributed by atoms with E-state index >= 15 is 0 Å². The molecule has 1 aliphatic heterocycles. The number of aliphatic hydroxyl groups is 1. The zero-order valence-electron chi connectivity index (χ0n) is 18.6. The second kappa shape index (κ2) is 9.60. The molecule has 1 N–H and O–H groups in total. The first-order valence-corrected chi connectivity index (χ1v) is 10.7. The van der Waals surface area contributed by atoms with Crippen LogP contribution in [0.15, 0.2) is 24.4 Å². The molecule has 1 fully saturated rings. The molecule has 0 aliphatic carbocycles. The van der Waals surface area contributed by atoms with Crippen molar-refractivity contribution in [3.8, 4) is 17.4 Å². The Morgan fingerprint density at radius 3 is 2.59 bits per heavy atom. The van der Waals surface area contributed by atoms with Gasteiger partial charge in [-0.15, -0.1) is 0 Å². The van der Waals surface area contributed by atoms with Gasteiger partial charge in [-0.1, -0.05) is 11.6 Å².